The van der Waals surface area contributed by atoms with E-state index in [0.29, 0.717) is 11.8 Å². The van der Waals surface area contributed by atoms with Gasteiger partial charge in [0, 0.05) is 5.92 Å². The van der Waals surface area contributed by atoms with Gasteiger partial charge in [0.15, 0.2) is 0 Å². The minimum Gasteiger partial charge on any atom is -0.393 e. The van der Waals surface area contributed by atoms with E-state index < -0.39 is 0 Å². The van der Waals surface area contributed by atoms with Crippen molar-refractivity contribution in [3.05, 3.63) is 0 Å². The van der Waals surface area contributed by atoms with E-state index >= 15 is 0 Å². The van der Waals surface area contributed by atoms with Gasteiger partial charge in [0.25, 0.3) is 0 Å². The quantitative estimate of drug-likeness (QED) is 0.703. The Labute approximate surface area is 74.9 Å². The molecule has 1 fully saturated rings. The lowest BCUT2D eigenvalue weighted by atomic mass is 10.1. The number of rotatable bonds is 3. The van der Waals surface area contributed by atoms with Gasteiger partial charge in [-0.15, -0.1) is 0 Å². The van der Waals surface area contributed by atoms with Crippen LogP contribution in [0.3, 0.4) is 0 Å². The second kappa shape index (κ2) is 4.24. The molecule has 1 saturated carbocycles. The van der Waals surface area contributed by atoms with Crippen LogP contribution in [0.15, 0.2) is 0 Å². The van der Waals surface area contributed by atoms with Crippen molar-refractivity contribution in [2.24, 2.45) is 11.8 Å². The summed E-state index contributed by atoms with van der Waals surface area (Å²) in [7, 11) is 0. The van der Waals surface area contributed by atoms with Gasteiger partial charge in [-0.25, -0.2) is 0 Å². The summed E-state index contributed by atoms with van der Waals surface area (Å²) >= 11 is 0. The molecule has 1 rings (SSSR count). The number of ether oxygens (including phenoxy) is 1. The van der Waals surface area contributed by atoms with Crippen molar-refractivity contribution in [2.45, 2.75) is 45.8 Å². The summed E-state index contributed by atoms with van der Waals surface area (Å²) < 4.78 is 5.48. The first kappa shape index (κ1) is 10.0. The lowest BCUT2D eigenvalue weighted by molar-refractivity contribution is 0.0150. The molecule has 0 radical (unpaired) electrons. The van der Waals surface area contributed by atoms with Crippen LogP contribution < -0.4 is 0 Å². The minimum atomic E-state index is -0.126. The standard InChI is InChI=1S/C10H20O2/c1-7(2)12-6-9-4-8(3)5-10(9)11/h7-11H,4-6H2,1-3H3. The van der Waals surface area contributed by atoms with E-state index in [1.54, 1.807) is 0 Å². The summed E-state index contributed by atoms with van der Waals surface area (Å²) in [5.74, 6) is 1.04. The molecular formula is C10H20O2. The fraction of sp³-hybridized carbons (Fsp3) is 1.00. The number of aliphatic hydroxyl groups excluding tert-OH is 1. The van der Waals surface area contributed by atoms with Crippen LogP contribution in [0.5, 0.6) is 0 Å². The SMILES string of the molecule is CC1CC(O)C(COC(C)C)C1. The van der Waals surface area contributed by atoms with Gasteiger partial charge in [0.2, 0.25) is 0 Å². The topological polar surface area (TPSA) is 29.5 Å². The highest BCUT2D eigenvalue weighted by molar-refractivity contribution is 4.80. The second-order valence-electron chi connectivity index (χ2n) is 4.29. The smallest absolute Gasteiger partial charge is 0.0593 e. The molecule has 0 spiro atoms. The third-order valence-corrected chi connectivity index (χ3v) is 2.54. The molecule has 0 heterocycles. The lowest BCUT2D eigenvalue weighted by Crippen LogP contribution is -2.20. The summed E-state index contributed by atoms with van der Waals surface area (Å²) in [4.78, 5) is 0. The molecule has 2 heteroatoms. The van der Waals surface area contributed by atoms with Crippen LogP contribution in [0.2, 0.25) is 0 Å². The highest BCUT2D eigenvalue weighted by Crippen LogP contribution is 2.31. The molecule has 1 aliphatic carbocycles. The van der Waals surface area contributed by atoms with Crippen LogP contribution in [-0.4, -0.2) is 23.9 Å². The van der Waals surface area contributed by atoms with E-state index in [9.17, 15) is 5.11 Å². The zero-order chi connectivity index (χ0) is 9.14. The molecule has 0 saturated heterocycles. The molecule has 0 amide bonds. The number of aliphatic hydroxyl groups is 1. The molecule has 3 atom stereocenters. The molecule has 0 aromatic heterocycles. The predicted octanol–water partition coefficient (Wildman–Crippen LogP) is 1.82. The van der Waals surface area contributed by atoms with Gasteiger partial charge in [0.1, 0.15) is 0 Å². The van der Waals surface area contributed by atoms with E-state index in [1.165, 1.54) is 0 Å². The van der Waals surface area contributed by atoms with Crippen molar-refractivity contribution < 1.29 is 9.84 Å². The van der Waals surface area contributed by atoms with Crippen LogP contribution in [0.4, 0.5) is 0 Å². The Morgan fingerprint density at radius 3 is 2.50 bits per heavy atom. The van der Waals surface area contributed by atoms with E-state index in [0.717, 1.165) is 19.4 Å². The Balaban J connectivity index is 2.23. The van der Waals surface area contributed by atoms with Crippen molar-refractivity contribution in [3.8, 4) is 0 Å². The Morgan fingerprint density at radius 1 is 1.42 bits per heavy atom. The predicted molar refractivity (Wildman–Crippen MR) is 49.0 cm³/mol. The van der Waals surface area contributed by atoms with Crippen LogP contribution >= 0.6 is 0 Å². The molecule has 0 bridgehead atoms. The maximum atomic E-state index is 9.59. The molecule has 0 aromatic rings. The molecule has 0 aromatic carbocycles. The van der Waals surface area contributed by atoms with Crippen LogP contribution in [-0.2, 0) is 4.74 Å². The summed E-state index contributed by atoms with van der Waals surface area (Å²) in [5.41, 5.74) is 0. The van der Waals surface area contributed by atoms with Crippen molar-refractivity contribution >= 4 is 0 Å². The van der Waals surface area contributed by atoms with Gasteiger partial charge < -0.3 is 9.84 Å². The molecule has 0 aliphatic heterocycles. The Bertz CT molecular complexity index is 134. The average molecular weight is 172 g/mol. The fourth-order valence-corrected chi connectivity index (χ4v) is 1.87. The first-order chi connectivity index (χ1) is 5.59. The van der Waals surface area contributed by atoms with E-state index in [1.807, 2.05) is 13.8 Å². The van der Waals surface area contributed by atoms with E-state index in [2.05, 4.69) is 6.92 Å². The van der Waals surface area contributed by atoms with E-state index in [-0.39, 0.29) is 12.2 Å². The Morgan fingerprint density at radius 2 is 2.08 bits per heavy atom. The van der Waals surface area contributed by atoms with E-state index in [4.69, 9.17) is 4.74 Å². The van der Waals surface area contributed by atoms with Gasteiger partial charge in [-0.2, -0.15) is 0 Å². The van der Waals surface area contributed by atoms with Gasteiger partial charge in [-0.05, 0) is 32.6 Å². The molecule has 1 aliphatic rings. The molecule has 2 nitrogen and oxygen atoms in total. The average Bonchev–Trinajstić information content (AvgIpc) is 2.26. The molecular weight excluding hydrogens is 152 g/mol. The zero-order valence-corrected chi connectivity index (χ0v) is 8.29. The van der Waals surface area contributed by atoms with Crippen molar-refractivity contribution in [2.75, 3.05) is 6.61 Å². The molecule has 12 heavy (non-hydrogen) atoms. The summed E-state index contributed by atoms with van der Waals surface area (Å²) in [6, 6.07) is 0. The molecule has 72 valence electrons. The summed E-state index contributed by atoms with van der Waals surface area (Å²) in [6.45, 7) is 6.98. The van der Waals surface area contributed by atoms with Gasteiger partial charge >= 0.3 is 0 Å². The van der Waals surface area contributed by atoms with Crippen molar-refractivity contribution in [3.63, 3.8) is 0 Å². The Kier molecular flexibility index (Phi) is 3.53. The third-order valence-electron chi connectivity index (χ3n) is 2.54. The maximum absolute atomic E-state index is 9.59. The van der Waals surface area contributed by atoms with Gasteiger partial charge in [-0.1, -0.05) is 6.92 Å². The zero-order valence-electron chi connectivity index (χ0n) is 8.29. The van der Waals surface area contributed by atoms with Crippen LogP contribution in [0.25, 0.3) is 0 Å². The summed E-state index contributed by atoms with van der Waals surface area (Å²) in [5, 5.41) is 9.59. The van der Waals surface area contributed by atoms with Crippen LogP contribution in [0.1, 0.15) is 33.6 Å². The second-order valence-corrected chi connectivity index (χ2v) is 4.29. The fourth-order valence-electron chi connectivity index (χ4n) is 1.87. The first-order valence-corrected chi connectivity index (χ1v) is 4.89. The van der Waals surface area contributed by atoms with Crippen molar-refractivity contribution in [1.29, 1.82) is 0 Å². The highest BCUT2D eigenvalue weighted by Gasteiger charge is 2.30. The Hall–Kier alpha value is -0.0800. The van der Waals surface area contributed by atoms with Crippen LogP contribution in [0, 0.1) is 11.8 Å². The van der Waals surface area contributed by atoms with Crippen molar-refractivity contribution in [1.82, 2.24) is 0 Å². The molecule has 1 N–H and O–H groups in total. The first-order valence-electron chi connectivity index (χ1n) is 4.89. The lowest BCUT2D eigenvalue weighted by Gasteiger charge is -2.16. The third kappa shape index (κ3) is 2.76. The summed E-state index contributed by atoms with van der Waals surface area (Å²) in [6.07, 6.45) is 2.23. The highest BCUT2D eigenvalue weighted by atomic mass is 16.5. The number of hydrogen-bond donors (Lipinski definition) is 1. The number of hydrogen-bond acceptors (Lipinski definition) is 2. The monoisotopic (exact) mass is 172 g/mol. The molecule has 3 unspecified atom stereocenters. The van der Waals surface area contributed by atoms with Gasteiger partial charge in [-0.3, -0.25) is 0 Å². The van der Waals surface area contributed by atoms with Gasteiger partial charge in [0.05, 0.1) is 18.8 Å². The maximum Gasteiger partial charge on any atom is 0.0593 e. The largest absolute Gasteiger partial charge is 0.393 e. The normalized spacial score (nSPS) is 36.2. The minimum absolute atomic E-state index is 0.126.